The maximum atomic E-state index is 13.7. The molecule has 2 aromatic carbocycles. The van der Waals surface area contributed by atoms with Gasteiger partial charge in [-0.1, -0.05) is 23.8 Å². The van der Waals surface area contributed by atoms with Crippen LogP contribution in [0.25, 0.3) is 16.9 Å². The highest BCUT2D eigenvalue weighted by atomic mass is 32.2. The standard InChI is InChI=1S/C29H28N6O3S/c1-20-7-15-25(16-8-20)39(37,38)35-28-26(5-4-17-30-28)33-29(35)32-23-10-9-22(19-23)31-21-11-13-24(14-12-21)34-18-3-2-6-27(34)36/h2-8,11-18,22-23,31H,9-10,19H2,1H3,(H,32,33)/t22-,23-/m0/s1. The van der Waals surface area contributed by atoms with Gasteiger partial charge in [-0.15, -0.1) is 0 Å². The van der Waals surface area contributed by atoms with E-state index in [1.54, 1.807) is 59.4 Å². The van der Waals surface area contributed by atoms with Crippen LogP contribution in [0.3, 0.4) is 0 Å². The number of aromatic nitrogens is 4. The van der Waals surface area contributed by atoms with Crippen molar-refractivity contribution in [2.75, 3.05) is 10.6 Å². The van der Waals surface area contributed by atoms with Gasteiger partial charge in [0.05, 0.1) is 4.90 Å². The molecule has 1 aliphatic carbocycles. The Hall–Kier alpha value is -4.44. The van der Waals surface area contributed by atoms with E-state index in [1.165, 1.54) is 10.0 Å². The molecule has 1 saturated carbocycles. The topological polar surface area (TPSA) is 111 Å². The van der Waals surface area contributed by atoms with E-state index in [2.05, 4.69) is 20.6 Å². The van der Waals surface area contributed by atoms with Gasteiger partial charge in [0.2, 0.25) is 5.95 Å². The van der Waals surface area contributed by atoms with Crippen LogP contribution in [-0.2, 0) is 10.0 Å². The lowest BCUT2D eigenvalue weighted by atomic mass is 10.2. The lowest BCUT2D eigenvalue weighted by Gasteiger charge is -2.17. The summed E-state index contributed by atoms with van der Waals surface area (Å²) in [6.07, 6.45) is 5.89. The summed E-state index contributed by atoms with van der Waals surface area (Å²) in [5, 5.41) is 6.96. The third kappa shape index (κ3) is 4.90. The first kappa shape index (κ1) is 24.9. The first-order valence-corrected chi connectivity index (χ1v) is 14.3. The molecule has 2 atom stereocenters. The van der Waals surface area contributed by atoms with Gasteiger partial charge in [0, 0.05) is 41.9 Å². The number of aryl methyl sites for hydroxylation is 1. The van der Waals surface area contributed by atoms with Crippen LogP contribution < -0.4 is 16.2 Å². The number of anilines is 2. The maximum Gasteiger partial charge on any atom is 0.272 e. The molecule has 1 fully saturated rings. The van der Waals surface area contributed by atoms with Crippen molar-refractivity contribution in [1.82, 2.24) is 18.5 Å². The van der Waals surface area contributed by atoms with Gasteiger partial charge in [-0.2, -0.15) is 3.97 Å². The minimum Gasteiger partial charge on any atom is -0.382 e. The number of nitrogens with zero attached hydrogens (tertiary/aromatic N) is 4. The molecule has 2 N–H and O–H groups in total. The lowest BCUT2D eigenvalue weighted by Crippen LogP contribution is -2.24. The molecule has 0 saturated heterocycles. The number of hydrogen-bond acceptors (Lipinski definition) is 7. The van der Waals surface area contributed by atoms with Crippen LogP contribution in [0.4, 0.5) is 11.6 Å². The summed E-state index contributed by atoms with van der Waals surface area (Å²) < 4.78 is 30.2. The fourth-order valence-electron chi connectivity index (χ4n) is 5.05. The van der Waals surface area contributed by atoms with Crippen molar-refractivity contribution >= 4 is 32.8 Å². The van der Waals surface area contributed by atoms with Gasteiger partial charge in [0.15, 0.2) is 5.65 Å². The highest BCUT2D eigenvalue weighted by molar-refractivity contribution is 7.90. The van der Waals surface area contributed by atoms with Gasteiger partial charge in [0.25, 0.3) is 15.6 Å². The van der Waals surface area contributed by atoms with Gasteiger partial charge < -0.3 is 10.6 Å². The van der Waals surface area contributed by atoms with Crippen molar-refractivity contribution in [3.05, 3.63) is 107 Å². The summed E-state index contributed by atoms with van der Waals surface area (Å²) >= 11 is 0. The van der Waals surface area contributed by atoms with E-state index < -0.39 is 10.0 Å². The second-order valence-electron chi connectivity index (χ2n) is 9.82. The molecule has 5 aromatic rings. The van der Waals surface area contributed by atoms with E-state index in [0.29, 0.717) is 11.2 Å². The van der Waals surface area contributed by atoms with Crippen molar-refractivity contribution in [3.63, 3.8) is 0 Å². The van der Waals surface area contributed by atoms with Gasteiger partial charge >= 0.3 is 0 Å². The lowest BCUT2D eigenvalue weighted by molar-refractivity contribution is 0.588. The van der Waals surface area contributed by atoms with E-state index in [-0.39, 0.29) is 28.5 Å². The van der Waals surface area contributed by atoms with E-state index in [9.17, 15) is 13.2 Å². The second-order valence-corrected chi connectivity index (χ2v) is 11.6. The van der Waals surface area contributed by atoms with Gasteiger partial charge in [0.1, 0.15) is 5.52 Å². The van der Waals surface area contributed by atoms with E-state index in [4.69, 9.17) is 0 Å². The van der Waals surface area contributed by atoms with Crippen molar-refractivity contribution in [1.29, 1.82) is 0 Å². The largest absolute Gasteiger partial charge is 0.382 e. The summed E-state index contributed by atoms with van der Waals surface area (Å²) in [5.74, 6) is 0.271. The highest BCUT2D eigenvalue weighted by Crippen LogP contribution is 2.30. The zero-order chi connectivity index (χ0) is 27.0. The van der Waals surface area contributed by atoms with Crippen molar-refractivity contribution < 1.29 is 8.42 Å². The predicted octanol–water partition coefficient (Wildman–Crippen LogP) is 4.57. The summed E-state index contributed by atoms with van der Waals surface area (Å²) in [5.41, 5.74) is 3.49. The number of imidazole rings is 1. The highest BCUT2D eigenvalue weighted by Gasteiger charge is 2.30. The number of fused-ring (bicyclic) bond motifs is 1. The Balaban J connectivity index is 1.20. The van der Waals surface area contributed by atoms with E-state index >= 15 is 0 Å². The third-order valence-electron chi connectivity index (χ3n) is 7.04. The molecule has 39 heavy (non-hydrogen) atoms. The molecule has 3 aromatic heterocycles. The minimum atomic E-state index is -3.91. The first-order chi connectivity index (χ1) is 18.9. The smallest absolute Gasteiger partial charge is 0.272 e. The Bertz CT molecular complexity index is 1790. The first-order valence-electron chi connectivity index (χ1n) is 12.9. The van der Waals surface area contributed by atoms with Gasteiger partial charge in [-0.05, 0) is 80.8 Å². The Labute approximate surface area is 226 Å². The zero-order valence-corrected chi connectivity index (χ0v) is 22.2. The molecule has 10 heteroatoms. The Morgan fingerprint density at radius 2 is 1.62 bits per heavy atom. The summed E-state index contributed by atoms with van der Waals surface area (Å²) in [6, 6.07) is 23.4. The van der Waals surface area contributed by atoms with Crippen LogP contribution in [-0.4, -0.2) is 39.0 Å². The summed E-state index contributed by atoms with van der Waals surface area (Å²) in [7, 11) is -3.91. The van der Waals surface area contributed by atoms with E-state index in [0.717, 1.165) is 36.2 Å². The fraction of sp³-hybridized carbons (Fsp3) is 0.207. The van der Waals surface area contributed by atoms with Crippen LogP contribution in [0.5, 0.6) is 0 Å². The molecule has 0 unspecified atom stereocenters. The summed E-state index contributed by atoms with van der Waals surface area (Å²) in [4.78, 5) is 21.2. The molecule has 0 aliphatic heterocycles. The average Bonchev–Trinajstić information content (AvgIpc) is 3.54. The third-order valence-corrected chi connectivity index (χ3v) is 8.74. The monoisotopic (exact) mass is 540 g/mol. The van der Waals surface area contributed by atoms with Crippen LogP contribution >= 0.6 is 0 Å². The van der Waals surface area contributed by atoms with E-state index in [1.807, 2.05) is 37.3 Å². The van der Waals surface area contributed by atoms with Crippen LogP contribution in [0, 0.1) is 6.92 Å². The maximum absolute atomic E-state index is 13.7. The van der Waals surface area contributed by atoms with Gasteiger partial charge in [-0.25, -0.2) is 18.4 Å². The zero-order valence-electron chi connectivity index (χ0n) is 21.4. The molecular formula is C29H28N6O3S. The number of hydrogen-bond donors (Lipinski definition) is 2. The van der Waals surface area contributed by atoms with Crippen LogP contribution in [0.1, 0.15) is 24.8 Å². The quantitative estimate of drug-likeness (QED) is 0.311. The van der Waals surface area contributed by atoms with Gasteiger partial charge in [-0.3, -0.25) is 9.36 Å². The second kappa shape index (κ2) is 10.0. The molecule has 3 heterocycles. The molecule has 1 aliphatic rings. The Kier molecular flexibility index (Phi) is 6.40. The molecular weight excluding hydrogens is 512 g/mol. The molecule has 0 amide bonds. The summed E-state index contributed by atoms with van der Waals surface area (Å²) in [6.45, 7) is 1.92. The molecule has 0 bridgehead atoms. The van der Waals surface area contributed by atoms with Crippen LogP contribution in [0.2, 0.25) is 0 Å². The number of benzene rings is 2. The fourth-order valence-corrected chi connectivity index (χ4v) is 6.43. The Morgan fingerprint density at radius 3 is 2.36 bits per heavy atom. The molecule has 198 valence electrons. The number of rotatable bonds is 7. The minimum absolute atomic E-state index is 0.0356. The predicted molar refractivity (Wildman–Crippen MR) is 152 cm³/mol. The van der Waals surface area contributed by atoms with Crippen LogP contribution in [0.15, 0.2) is 101 Å². The van der Waals surface area contributed by atoms with Crippen molar-refractivity contribution in [3.8, 4) is 5.69 Å². The molecule has 0 radical (unpaired) electrons. The molecule has 0 spiro atoms. The van der Waals surface area contributed by atoms with Crippen molar-refractivity contribution in [2.24, 2.45) is 0 Å². The Morgan fingerprint density at radius 1 is 0.872 bits per heavy atom. The molecule has 9 nitrogen and oxygen atoms in total. The average molecular weight is 541 g/mol. The normalized spacial score (nSPS) is 17.4. The number of pyridine rings is 2. The van der Waals surface area contributed by atoms with Crippen molar-refractivity contribution in [2.45, 2.75) is 43.2 Å². The molecule has 6 rings (SSSR count). The SMILES string of the molecule is Cc1ccc(S(=O)(=O)n2c(N[C@H]3CC[C@H](Nc4ccc(-n5ccccc5=O)cc4)C3)nc3cccnc32)cc1. The number of nitrogens with one attached hydrogen (secondary N) is 2.